The van der Waals surface area contributed by atoms with E-state index in [0.717, 1.165) is 22.1 Å². The lowest BCUT2D eigenvalue weighted by Crippen LogP contribution is -2.06. The molecule has 0 bridgehead atoms. The van der Waals surface area contributed by atoms with Crippen LogP contribution in [-0.4, -0.2) is 22.3 Å². The fourth-order valence-corrected chi connectivity index (χ4v) is 2.98. The number of ketones is 1. The molecule has 0 spiro atoms. The maximum absolute atomic E-state index is 11.9. The van der Waals surface area contributed by atoms with E-state index in [0.29, 0.717) is 18.7 Å². The molecule has 0 aromatic carbocycles. The van der Waals surface area contributed by atoms with Crippen molar-refractivity contribution in [2.75, 3.05) is 6.54 Å². The molecule has 0 saturated carbocycles. The van der Waals surface area contributed by atoms with E-state index in [2.05, 4.69) is 9.97 Å². The maximum Gasteiger partial charge on any atom is 0.188 e. The Kier molecular flexibility index (Phi) is 3.98. The van der Waals surface area contributed by atoms with Gasteiger partial charge in [0.15, 0.2) is 5.78 Å². The Morgan fingerprint density at radius 2 is 2.06 bits per heavy atom. The Morgan fingerprint density at radius 1 is 1.29 bits per heavy atom. The van der Waals surface area contributed by atoms with Gasteiger partial charge in [-0.2, -0.15) is 0 Å². The van der Waals surface area contributed by atoms with Crippen LogP contribution in [0.1, 0.15) is 26.2 Å². The standard InChI is InChI=1S/C11H13N3OS2/c1-7-5-16-11(13-7)4-9(15)8-6-17-10(14-8)2-3-12/h5-6H,2-4,12H2,1H3. The van der Waals surface area contributed by atoms with E-state index >= 15 is 0 Å². The molecule has 0 saturated heterocycles. The van der Waals surface area contributed by atoms with E-state index in [9.17, 15) is 4.79 Å². The Morgan fingerprint density at radius 3 is 2.71 bits per heavy atom. The van der Waals surface area contributed by atoms with Gasteiger partial charge in [0.05, 0.1) is 11.4 Å². The molecule has 0 aliphatic heterocycles. The normalized spacial score (nSPS) is 10.7. The number of aromatic nitrogens is 2. The van der Waals surface area contributed by atoms with Crippen LogP contribution in [0.2, 0.25) is 0 Å². The summed E-state index contributed by atoms with van der Waals surface area (Å²) in [5.41, 5.74) is 6.94. The molecule has 0 atom stereocenters. The number of carbonyl (C=O) groups excluding carboxylic acids is 1. The van der Waals surface area contributed by atoms with Gasteiger partial charge in [-0.05, 0) is 13.5 Å². The molecule has 0 unspecified atom stereocenters. The summed E-state index contributed by atoms with van der Waals surface area (Å²) in [6.45, 7) is 2.49. The largest absolute Gasteiger partial charge is 0.330 e. The minimum Gasteiger partial charge on any atom is -0.330 e. The predicted molar refractivity (Wildman–Crippen MR) is 69.8 cm³/mol. The third-order valence-corrected chi connectivity index (χ3v) is 4.05. The van der Waals surface area contributed by atoms with Crippen LogP contribution in [-0.2, 0) is 12.8 Å². The molecule has 2 aromatic heterocycles. The fourth-order valence-electron chi connectivity index (χ4n) is 1.39. The first-order chi connectivity index (χ1) is 8.19. The molecule has 17 heavy (non-hydrogen) atoms. The number of thiazole rings is 2. The molecule has 90 valence electrons. The first kappa shape index (κ1) is 12.3. The highest BCUT2D eigenvalue weighted by molar-refractivity contribution is 7.10. The zero-order valence-corrected chi connectivity index (χ0v) is 11.1. The van der Waals surface area contributed by atoms with Crippen LogP contribution in [0.4, 0.5) is 0 Å². The van der Waals surface area contributed by atoms with Crippen molar-refractivity contribution in [3.63, 3.8) is 0 Å². The minimum atomic E-state index is 0.0267. The van der Waals surface area contributed by atoms with E-state index in [1.54, 1.807) is 5.38 Å². The van der Waals surface area contributed by atoms with E-state index < -0.39 is 0 Å². The lowest BCUT2D eigenvalue weighted by atomic mass is 10.2. The van der Waals surface area contributed by atoms with Crippen LogP contribution < -0.4 is 5.73 Å². The van der Waals surface area contributed by atoms with Gasteiger partial charge < -0.3 is 5.73 Å². The van der Waals surface area contributed by atoms with Crippen LogP contribution in [0.25, 0.3) is 0 Å². The molecule has 0 amide bonds. The predicted octanol–water partition coefficient (Wildman–Crippen LogP) is 1.83. The van der Waals surface area contributed by atoms with Gasteiger partial charge in [-0.1, -0.05) is 0 Å². The van der Waals surface area contributed by atoms with Crippen molar-refractivity contribution in [1.82, 2.24) is 9.97 Å². The maximum atomic E-state index is 11.9. The van der Waals surface area contributed by atoms with E-state index in [1.807, 2.05) is 12.3 Å². The summed E-state index contributed by atoms with van der Waals surface area (Å²) in [6, 6.07) is 0. The molecule has 2 rings (SSSR count). The summed E-state index contributed by atoms with van der Waals surface area (Å²) < 4.78 is 0. The van der Waals surface area contributed by atoms with Crippen LogP contribution >= 0.6 is 22.7 Å². The van der Waals surface area contributed by atoms with Crippen LogP contribution in [0.3, 0.4) is 0 Å². The Balaban J connectivity index is 2.03. The van der Waals surface area contributed by atoms with Gasteiger partial charge in [0.1, 0.15) is 10.7 Å². The third kappa shape index (κ3) is 3.18. The summed E-state index contributed by atoms with van der Waals surface area (Å²) >= 11 is 3.00. The number of Topliss-reactive ketones (excluding diaryl/α,β-unsaturated/α-hetero) is 1. The molecule has 2 N–H and O–H groups in total. The van der Waals surface area contributed by atoms with Crippen molar-refractivity contribution < 1.29 is 4.79 Å². The second-order valence-electron chi connectivity index (χ2n) is 3.65. The van der Waals surface area contributed by atoms with E-state index in [4.69, 9.17) is 5.73 Å². The van der Waals surface area contributed by atoms with Crippen molar-refractivity contribution in [3.8, 4) is 0 Å². The minimum absolute atomic E-state index is 0.0267. The Bertz CT molecular complexity index is 518. The third-order valence-electron chi connectivity index (χ3n) is 2.17. The van der Waals surface area contributed by atoms with Gasteiger partial charge in [-0.3, -0.25) is 4.79 Å². The molecule has 0 aliphatic rings. The highest BCUT2D eigenvalue weighted by Crippen LogP contribution is 2.15. The number of hydrogen-bond acceptors (Lipinski definition) is 6. The molecule has 0 fully saturated rings. The quantitative estimate of drug-likeness (QED) is 0.839. The number of aryl methyl sites for hydroxylation is 1. The van der Waals surface area contributed by atoms with Crippen LogP contribution in [0.15, 0.2) is 10.8 Å². The van der Waals surface area contributed by atoms with Crippen molar-refractivity contribution in [2.45, 2.75) is 19.8 Å². The summed E-state index contributed by atoms with van der Waals surface area (Å²) in [4.78, 5) is 20.5. The molecule has 6 heteroatoms. The fraction of sp³-hybridized carbons (Fsp3) is 0.364. The topological polar surface area (TPSA) is 68.9 Å². The summed E-state index contributed by atoms with van der Waals surface area (Å²) in [5, 5.41) is 5.52. The van der Waals surface area contributed by atoms with Crippen molar-refractivity contribution in [2.24, 2.45) is 5.73 Å². The summed E-state index contributed by atoms with van der Waals surface area (Å²) in [7, 11) is 0. The average Bonchev–Trinajstić information content (AvgIpc) is 2.88. The Labute approximate surface area is 108 Å². The molecule has 0 radical (unpaired) electrons. The van der Waals surface area contributed by atoms with Crippen molar-refractivity contribution in [3.05, 3.63) is 32.2 Å². The SMILES string of the molecule is Cc1csc(CC(=O)c2csc(CCN)n2)n1. The van der Waals surface area contributed by atoms with Crippen LogP contribution in [0, 0.1) is 6.92 Å². The number of nitrogens with two attached hydrogens (primary N) is 1. The zero-order chi connectivity index (χ0) is 12.3. The number of carbonyl (C=O) groups is 1. The first-order valence-electron chi connectivity index (χ1n) is 5.27. The van der Waals surface area contributed by atoms with Gasteiger partial charge in [0.25, 0.3) is 0 Å². The summed E-state index contributed by atoms with van der Waals surface area (Å²) in [6.07, 6.45) is 1.07. The molecule has 4 nitrogen and oxygen atoms in total. The van der Waals surface area contributed by atoms with Crippen LogP contribution in [0.5, 0.6) is 0 Å². The molecular weight excluding hydrogens is 254 g/mol. The monoisotopic (exact) mass is 267 g/mol. The zero-order valence-electron chi connectivity index (χ0n) is 9.47. The smallest absolute Gasteiger partial charge is 0.188 e. The van der Waals surface area contributed by atoms with Gasteiger partial charge >= 0.3 is 0 Å². The van der Waals surface area contributed by atoms with Crippen molar-refractivity contribution >= 4 is 28.5 Å². The average molecular weight is 267 g/mol. The second kappa shape index (κ2) is 5.48. The van der Waals surface area contributed by atoms with E-state index in [-0.39, 0.29) is 5.78 Å². The van der Waals surface area contributed by atoms with Gasteiger partial charge in [0, 0.05) is 22.9 Å². The number of hydrogen-bond donors (Lipinski definition) is 1. The van der Waals surface area contributed by atoms with E-state index in [1.165, 1.54) is 22.7 Å². The van der Waals surface area contributed by atoms with Crippen molar-refractivity contribution in [1.29, 1.82) is 0 Å². The number of rotatable bonds is 5. The first-order valence-corrected chi connectivity index (χ1v) is 7.03. The highest BCUT2D eigenvalue weighted by atomic mass is 32.1. The second-order valence-corrected chi connectivity index (χ2v) is 5.53. The Hall–Kier alpha value is -1.11. The lowest BCUT2D eigenvalue weighted by Gasteiger charge is -1.93. The van der Waals surface area contributed by atoms with Gasteiger partial charge in [0.2, 0.25) is 0 Å². The van der Waals surface area contributed by atoms with Gasteiger partial charge in [-0.15, -0.1) is 22.7 Å². The molecule has 0 aliphatic carbocycles. The summed E-state index contributed by atoms with van der Waals surface area (Å²) in [5.74, 6) is 0.0267. The van der Waals surface area contributed by atoms with Gasteiger partial charge in [-0.25, -0.2) is 9.97 Å². The molecule has 2 heterocycles. The molecule has 2 aromatic rings. The highest BCUT2D eigenvalue weighted by Gasteiger charge is 2.13. The number of nitrogens with zero attached hydrogens (tertiary/aromatic N) is 2. The molecular formula is C11H13N3OS2. The lowest BCUT2D eigenvalue weighted by molar-refractivity contribution is 0.0988.